The van der Waals surface area contributed by atoms with Gasteiger partial charge in [-0.05, 0) is 98.2 Å². The summed E-state index contributed by atoms with van der Waals surface area (Å²) in [5, 5.41) is 2.25. The van der Waals surface area contributed by atoms with Crippen LogP contribution >= 0.6 is 0 Å². The van der Waals surface area contributed by atoms with Gasteiger partial charge >= 0.3 is 12.2 Å². The van der Waals surface area contributed by atoms with Gasteiger partial charge in [0.05, 0.1) is 35.0 Å². The van der Waals surface area contributed by atoms with Crippen molar-refractivity contribution in [2.24, 2.45) is 0 Å². The number of rotatable bonds is 6. The van der Waals surface area contributed by atoms with Crippen molar-refractivity contribution >= 4 is 34.0 Å². The molecule has 0 radical (unpaired) electrons. The fraction of sp³-hybridized carbons (Fsp3) is 0.317. The summed E-state index contributed by atoms with van der Waals surface area (Å²) in [6, 6.07) is 28.6. The molecule has 4 aromatic carbocycles. The molecule has 2 atom stereocenters. The van der Waals surface area contributed by atoms with Crippen LogP contribution in [-0.4, -0.2) is 60.6 Å². The van der Waals surface area contributed by atoms with Crippen LogP contribution < -0.4 is 0 Å². The van der Waals surface area contributed by atoms with E-state index in [9.17, 15) is 9.59 Å². The van der Waals surface area contributed by atoms with Crippen molar-refractivity contribution in [3.63, 3.8) is 0 Å². The lowest BCUT2D eigenvalue weighted by Gasteiger charge is -2.27. The molecule has 2 fully saturated rings. The van der Waals surface area contributed by atoms with E-state index >= 15 is 0 Å². The van der Waals surface area contributed by atoms with E-state index in [0.29, 0.717) is 13.1 Å². The lowest BCUT2D eigenvalue weighted by atomic mass is 9.99. The lowest BCUT2D eigenvalue weighted by molar-refractivity contribution is 0.0219. The molecule has 4 heterocycles. The van der Waals surface area contributed by atoms with Gasteiger partial charge in [0.15, 0.2) is 0 Å². The third-order valence-electron chi connectivity index (χ3n) is 9.78. The van der Waals surface area contributed by atoms with Gasteiger partial charge in [0.1, 0.15) is 23.9 Å². The van der Waals surface area contributed by atoms with Gasteiger partial charge in [-0.15, -0.1) is 0 Å². The monoisotopic (exact) mass is 682 g/mol. The molecule has 2 aromatic heterocycles. The maximum Gasteiger partial charge on any atom is 0.410 e. The molecule has 0 aliphatic carbocycles. The molecule has 8 rings (SSSR count). The fourth-order valence-corrected chi connectivity index (χ4v) is 7.27. The fourth-order valence-electron chi connectivity index (χ4n) is 7.27. The van der Waals surface area contributed by atoms with Crippen LogP contribution in [0.2, 0.25) is 0 Å². The smallest absolute Gasteiger partial charge is 0.410 e. The quantitative estimate of drug-likeness (QED) is 0.181. The standard InChI is InChI=1S/C41H42N6O4/c1-41(2,3)51-40(49)47-20-8-12-36(47)38-43-32-18-17-30(23-33(32)44-38)28-13-14-29-22-31(16-15-27(29)21-28)34-24-42-37(45-34)35-11-7-19-46(35)39(48)50-25-26-9-5-4-6-10-26/h4-6,9-10,13-18,21-24,35-36H,7-8,11-12,19-20,25H2,1-3H3,(H,42,45)(H,43,44)/t35?,36-/m0/s1. The Morgan fingerprint density at radius 2 is 1.41 bits per heavy atom. The average Bonchev–Trinajstić information content (AvgIpc) is 3.95. The van der Waals surface area contributed by atoms with E-state index in [1.54, 1.807) is 9.80 Å². The lowest BCUT2D eigenvalue weighted by Crippen LogP contribution is -2.36. The van der Waals surface area contributed by atoms with E-state index in [1.807, 2.05) is 63.4 Å². The Morgan fingerprint density at radius 1 is 0.765 bits per heavy atom. The highest BCUT2D eigenvalue weighted by Crippen LogP contribution is 2.36. The summed E-state index contributed by atoms with van der Waals surface area (Å²) in [5.41, 5.74) is 6.36. The number of nitrogens with zero attached hydrogens (tertiary/aromatic N) is 4. The summed E-state index contributed by atoms with van der Waals surface area (Å²) >= 11 is 0. The molecular weight excluding hydrogens is 640 g/mol. The summed E-state index contributed by atoms with van der Waals surface area (Å²) in [4.78, 5) is 46.0. The number of hydrogen-bond donors (Lipinski definition) is 2. The first-order chi connectivity index (χ1) is 24.7. The highest BCUT2D eigenvalue weighted by Gasteiger charge is 2.35. The number of aromatic amines is 2. The topological polar surface area (TPSA) is 116 Å². The Hall–Kier alpha value is -5.64. The number of fused-ring (bicyclic) bond motifs is 2. The molecule has 1 unspecified atom stereocenters. The first-order valence-electron chi connectivity index (χ1n) is 17.7. The summed E-state index contributed by atoms with van der Waals surface area (Å²) in [6.45, 7) is 7.22. The molecule has 10 heteroatoms. The molecule has 0 spiro atoms. The molecule has 10 nitrogen and oxygen atoms in total. The van der Waals surface area contributed by atoms with E-state index in [-0.39, 0.29) is 30.9 Å². The Kier molecular flexibility index (Phi) is 8.45. The number of aromatic nitrogens is 4. The van der Waals surface area contributed by atoms with Crippen LogP contribution in [0, 0.1) is 0 Å². The minimum Gasteiger partial charge on any atom is -0.445 e. The van der Waals surface area contributed by atoms with Gasteiger partial charge in [0, 0.05) is 18.7 Å². The Balaban J connectivity index is 0.971. The molecular formula is C41H42N6O4. The van der Waals surface area contributed by atoms with Crippen molar-refractivity contribution < 1.29 is 19.1 Å². The number of carbonyl (C=O) groups is 2. The van der Waals surface area contributed by atoms with Crippen molar-refractivity contribution in [1.29, 1.82) is 0 Å². The maximum atomic E-state index is 13.0. The van der Waals surface area contributed by atoms with Gasteiger partial charge in [-0.1, -0.05) is 60.7 Å². The Morgan fingerprint density at radius 3 is 2.16 bits per heavy atom. The minimum atomic E-state index is -0.545. The van der Waals surface area contributed by atoms with Crippen LogP contribution in [0.5, 0.6) is 0 Å². The van der Waals surface area contributed by atoms with Crippen LogP contribution in [0.15, 0.2) is 91.1 Å². The molecule has 2 aliphatic heterocycles. The molecule has 0 saturated carbocycles. The van der Waals surface area contributed by atoms with Crippen molar-refractivity contribution in [2.45, 2.75) is 70.7 Å². The molecule has 2 amide bonds. The van der Waals surface area contributed by atoms with Crippen LogP contribution in [0.25, 0.3) is 44.2 Å². The predicted molar refractivity (Wildman–Crippen MR) is 197 cm³/mol. The SMILES string of the molecule is CC(C)(C)OC(=O)N1CCC[C@H]1c1nc2ccc(-c3ccc4cc(-c5cnc(C6CCCN6C(=O)OCc6ccccc6)[nH]5)ccc4c3)cc2[nH]1. The molecule has 51 heavy (non-hydrogen) atoms. The van der Waals surface area contributed by atoms with E-state index in [2.05, 4.69) is 58.5 Å². The van der Waals surface area contributed by atoms with E-state index < -0.39 is 5.60 Å². The number of ether oxygens (including phenoxy) is 2. The predicted octanol–water partition coefficient (Wildman–Crippen LogP) is 9.32. The highest BCUT2D eigenvalue weighted by molar-refractivity contribution is 5.92. The highest BCUT2D eigenvalue weighted by atomic mass is 16.6. The number of nitrogens with one attached hydrogen (secondary N) is 2. The molecule has 2 N–H and O–H groups in total. The van der Waals surface area contributed by atoms with Gasteiger partial charge < -0.3 is 19.4 Å². The Labute approximate surface area is 296 Å². The third-order valence-corrected chi connectivity index (χ3v) is 9.78. The van der Waals surface area contributed by atoms with E-state index in [4.69, 9.17) is 19.4 Å². The second-order valence-electron chi connectivity index (χ2n) is 14.5. The minimum absolute atomic E-state index is 0.130. The number of likely N-dealkylation sites (tertiary alicyclic amines) is 2. The van der Waals surface area contributed by atoms with Gasteiger partial charge in [-0.2, -0.15) is 0 Å². The number of amides is 2. The first kappa shape index (κ1) is 32.6. The number of hydrogen-bond acceptors (Lipinski definition) is 6. The third kappa shape index (κ3) is 6.78. The van der Waals surface area contributed by atoms with Crippen LogP contribution in [0.4, 0.5) is 9.59 Å². The van der Waals surface area contributed by atoms with Crippen molar-refractivity contribution in [2.75, 3.05) is 13.1 Å². The summed E-state index contributed by atoms with van der Waals surface area (Å²) in [7, 11) is 0. The maximum absolute atomic E-state index is 13.0. The number of benzene rings is 4. The van der Waals surface area contributed by atoms with Crippen LogP contribution in [0.3, 0.4) is 0 Å². The molecule has 6 aromatic rings. The Bertz CT molecular complexity index is 2220. The van der Waals surface area contributed by atoms with Gasteiger partial charge in [0.2, 0.25) is 0 Å². The van der Waals surface area contributed by atoms with Crippen LogP contribution in [0.1, 0.15) is 75.8 Å². The zero-order valence-corrected chi connectivity index (χ0v) is 29.2. The first-order valence-corrected chi connectivity index (χ1v) is 17.7. The van der Waals surface area contributed by atoms with Gasteiger partial charge in [0.25, 0.3) is 0 Å². The average molecular weight is 683 g/mol. The second kappa shape index (κ2) is 13.2. The normalized spacial score (nSPS) is 17.8. The zero-order valence-electron chi connectivity index (χ0n) is 29.2. The van der Waals surface area contributed by atoms with Gasteiger partial charge in [-0.3, -0.25) is 9.80 Å². The number of H-pyrrole nitrogens is 2. The molecule has 0 bridgehead atoms. The molecule has 2 saturated heterocycles. The molecule has 2 aliphatic rings. The number of imidazole rings is 2. The number of carbonyl (C=O) groups excluding carboxylic acids is 2. The van der Waals surface area contributed by atoms with E-state index in [1.165, 1.54) is 0 Å². The summed E-state index contributed by atoms with van der Waals surface area (Å²) in [6.07, 6.45) is 4.75. The van der Waals surface area contributed by atoms with Crippen molar-refractivity contribution in [1.82, 2.24) is 29.7 Å². The summed E-state index contributed by atoms with van der Waals surface area (Å²) < 4.78 is 11.3. The van der Waals surface area contributed by atoms with Crippen molar-refractivity contribution in [3.8, 4) is 22.4 Å². The van der Waals surface area contributed by atoms with Gasteiger partial charge in [-0.25, -0.2) is 19.6 Å². The molecule has 260 valence electrons. The van der Waals surface area contributed by atoms with Crippen molar-refractivity contribution in [3.05, 3.63) is 108 Å². The second-order valence-corrected chi connectivity index (χ2v) is 14.5. The van der Waals surface area contributed by atoms with E-state index in [0.717, 1.165) is 87.1 Å². The summed E-state index contributed by atoms with van der Waals surface area (Å²) in [5.74, 6) is 1.57. The largest absolute Gasteiger partial charge is 0.445 e. The van der Waals surface area contributed by atoms with Crippen LogP contribution in [-0.2, 0) is 16.1 Å². The zero-order chi connectivity index (χ0) is 35.1.